The van der Waals surface area contributed by atoms with Gasteiger partial charge in [-0.1, -0.05) is 0 Å². The van der Waals surface area contributed by atoms with Crippen LogP contribution in [0.25, 0.3) is 0 Å². The molecule has 0 amide bonds. The van der Waals surface area contributed by atoms with E-state index in [1.165, 1.54) is 24.0 Å². The molecule has 0 aliphatic carbocycles. The molecule has 1 aromatic rings. The van der Waals surface area contributed by atoms with Gasteiger partial charge in [-0.15, -0.1) is 4.48 Å². The number of hydrogen-bond donors (Lipinski definition) is 1. The molecule has 1 heterocycles. The zero-order valence-electron chi connectivity index (χ0n) is 5.49. The molecule has 0 radical (unpaired) electrons. The van der Waals surface area contributed by atoms with E-state index in [1.807, 2.05) is 0 Å². The Morgan fingerprint density at radius 3 is 3.00 bits per heavy atom. The summed E-state index contributed by atoms with van der Waals surface area (Å²) in [7, 11) is 0. The van der Waals surface area contributed by atoms with Crippen molar-refractivity contribution in [2.75, 3.05) is 0 Å². The van der Waals surface area contributed by atoms with Crippen molar-refractivity contribution in [2.24, 2.45) is 0 Å². The fourth-order valence-electron chi connectivity index (χ4n) is 0.693. The Labute approximate surface area is 65.4 Å². The van der Waals surface area contributed by atoms with E-state index in [-0.39, 0.29) is 6.54 Å². The molecule has 0 saturated carbocycles. The smallest absolute Gasteiger partial charge is 0.0525 e. The van der Waals surface area contributed by atoms with E-state index >= 15 is 0 Å². The third kappa shape index (κ3) is 2.11. The van der Waals surface area contributed by atoms with E-state index in [0.29, 0.717) is 5.56 Å². The van der Waals surface area contributed by atoms with Crippen molar-refractivity contribution in [3.63, 3.8) is 0 Å². The normalized spacial score (nSPS) is 13.3. The molecule has 0 aliphatic rings. The molecule has 0 aromatic carbocycles. The van der Waals surface area contributed by atoms with Crippen LogP contribution in [0.15, 0.2) is 18.5 Å². The first-order valence-electron chi connectivity index (χ1n) is 2.84. The molecule has 0 bridgehead atoms. The van der Waals surface area contributed by atoms with Gasteiger partial charge in [0.15, 0.2) is 0 Å². The van der Waals surface area contributed by atoms with Crippen molar-refractivity contribution in [3.05, 3.63) is 24.0 Å². The molecule has 1 aromatic heterocycles. The summed E-state index contributed by atoms with van der Waals surface area (Å²) in [6.07, 6.45) is 2.67. The Hall–Kier alpha value is -0.720. The fraction of sp³-hybridized carbons (Fsp3) is 0.200. The first-order chi connectivity index (χ1) is 5.24. The number of halogens is 1. The maximum Gasteiger partial charge on any atom is 0.0525 e. The molecule has 1 atom stereocenters. The van der Waals surface area contributed by atoms with Crippen LogP contribution in [0.5, 0.6) is 0 Å². The second-order valence-corrected chi connectivity index (χ2v) is 2.76. The quantitative estimate of drug-likeness (QED) is 0.526. The molecule has 1 rings (SSSR count). The van der Waals surface area contributed by atoms with Crippen molar-refractivity contribution < 1.29 is 13.2 Å². The van der Waals surface area contributed by atoms with Gasteiger partial charge in [0.1, 0.15) is 0 Å². The molecule has 6 heteroatoms. The molecule has 62 valence electrons. The van der Waals surface area contributed by atoms with Crippen LogP contribution in [0.1, 0.15) is 5.56 Å². The van der Waals surface area contributed by atoms with Crippen LogP contribution in [0, 0.1) is 0 Å². The maximum atomic E-state index is 11.5. The van der Waals surface area contributed by atoms with Crippen LogP contribution in [-0.4, -0.2) is 12.7 Å². The Kier molecular flexibility index (Phi) is 2.75. The number of aromatic nitrogens is 1. The largest absolute Gasteiger partial charge is 0.755 e. The molecule has 0 aliphatic heterocycles. The lowest BCUT2D eigenvalue weighted by Crippen LogP contribution is -2.01. The highest BCUT2D eigenvalue weighted by molar-refractivity contribution is 7.77. The number of hydrogen-bond acceptors (Lipinski definition) is 3. The average molecular weight is 177 g/mol. The van der Waals surface area contributed by atoms with Gasteiger partial charge >= 0.3 is 0 Å². The molecule has 0 fully saturated rings. The van der Waals surface area contributed by atoms with Crippen molar-refractivity contribution in [2.45, 2.75) is 6.54 Å². The average Bonchev–Trinajstić information content (AvgIpc) is 2.37. The Morgan fingerprint density at radius 1 is 1.82 bits per heavy atom. The fourth-order valence-corrected chi connectivity index (χ4v) is 1.07. The Balaban J connectivity index is 2.73. The molecule has 11 heavy (non-hydrogen) atoms. The van der Waals surface area contributed by atoms with Crippen molar-refractivity contribution in [3.8, 4) is 0 Å². The van der Waals surface area contributed by atoms with E-state index in [0.717, 1.165) is 3.97 Å². The lowest BCUT2D eigenvalue weighted by Gasteiger charge is -2.03. The van der Waals surface area contributed by atoms with E-state index in [2.05, 4.69) is 0 Å². The van der Waals surface area contributed by atoms with E-state index in [1.54, 1.807) is 0 Å². The van der Waals surface area contributed by atoms with Gasteiger partial charge < -0.3 is 4.55 Å². The van der Waals surface area contributed by atoms with Gasteiger partial charge in [-0.25, -0.2) is 0 Å². The van der Waals surface area contributed by atoms with Gasteiger partial charge in [0, 0.05) is 12.4 Å². The highest BCUT2D eigenvalue weighted by Crippen LogP contribution is 2.00. The summed E-state index contributed by atoms with van der Waals surface area (Å²) in [4.78, 5) is 0. The summed E-state index contributed by atoms with van der Waals surface area (Å²) in [5, 5.41) is 0. The second-order valence-electron chi connectivity index (χ2n) is 1.91. The standard InChI is InChI=1S/C5H7FN2O2S/c6-7-3-5-1-2-8(4-5)11(9)10/h1-2,4,7H,3H2,(H,9,10)/p-1. The SMILES string of the molecule is O=S([O-])n1ccc(CNF)c1. The third-order valence-corrected chi connectivity index (χ3v) is 1.74. The Bertz CT molecular complexity index is 263. The van der Waals surface area contributed by atoms with E-state index in [9.17, 15) is 13.2 Å². The molecular formula is C5H6FN2O2S-. The predicted molar refractivity (Wildman–Crippen MR) is 36.7 cm³/mol. The summed E-state index contributed by atoms with van der Waals surface area (Å²) >= 11 is -2.30. The van der Waals surface area contributed by atoms with Crippen molar-refractivity contribution in [1.29, 1.82) is 0 Å². The van der Waals surface area contributed by atoms with Gasteiger partial charge in [-0.2, -0.15) is 5.54 Å². The first kappa shape index (κ1) is 8.38. The minimum atomic E-state index is -2.30. The molecule has 1 unspecified atom stereocenters. The van der Waals surface area contributed by atoms with Gasteiger partial charge in [0.05, 0.1) is 17.8 Å². The third-order valence-electron chi connectivity index (χ3n) is 1.17. The van der Waals surface area contributed by atoms with Gasteiger partial charge in [0.2, 0.25) is 0 Å². The van der Waals surface area contributed by atoms with E-state index < -0.39 is 11.3 Å². The Morgan fingerprint density at radius 2 is 2.55 bits per heavy atom. The van der Waals surface area contributed by atoms with Crippen LogP contribution in [-0.2, 0) is 17.8 Å². The number of nitrogens with one attached hydrogen (secondary N) is 1. The lowest BCUT2D eigenvalue weighted by molar-refractivity contribution is 0.330. The second kappa shape index (κ2) is 3.61. The van der Waals surface area contributed by atoms with Gasteiger partial charge in [-0.3, -0.25) is 8.18 Å². The summed E-state index contributed by atoms with van der Waals surface area (Å²) in [6.45, 7) is 0.0181. The summed E-state index contributed by atoms with van der Waals surface area (Å²) in [5.41, 5.74) is 2.00. The van der Waals surface area contributed by atoms with Crippen LogP contribution >= 0.6 is 0 Å². The summed E-state index contributed by atoms with van der Waals surface area (Å²) < 4.78 is 33.0. The van der Waals surface area contributed by atoms with Crippen LogP contribution in [0.3, 0.4) is 0 Å². The topological polar surface area (TPSA) is 57.1 Å². The monoisotopic (exact) mass is 177 g/mol. The summed E-state index contributed by atoms with van der Waals surface area (Å²) in [6, 6.07) is 1.52. The highest BCUT2D eigenvalue weighted by atomic mass is 32.2. The predicted octanol–water partition coefficient (Wildman–Crippen LogP) is 0.104. The minimum absolute atomic E-state index is 0.0181. The number of nitrogens with zero attached hydrogens (tertiary/aromatic N) is 1. The molecule has 0 saturated heterocycles. The molecular weight excluding hydrogens is 171 g/mol. The van der Waals surface area contributed by atoms with E-state index in [4.69, 9.17) is 0 Å². The van der Waals surface area contributed by atoms with Crippen LogP contribution < -0.4 is 5.54 Å². The lowest BCUT2D eigenvalue weighted by atomic mass is 10.3. The van der Waals surface area contributed by atoms with Crippen molar-refractivity contribution in [1.82, 2.24) is 9.51 Å². The molecule has 1 N–H and O–H groups in total. The minimum Gasteiger partial charge on any atom is -0.755 e. The van der Waals surface area contributed by atoms with Crippen LogP contribution in [0.4, 0.5) is 4.48 Å². The number of rotatable bonds is 3. The molecule has 4 nitrogen and oxygen atoms in total. The van der Waals surface area contributed by atoms with Crippen molar-refractivity contribution >= 4 is 11.3 Å². The first-order valence-corrected chi connectivity index (χ1v) is 3.87. The zero-order chi connectivity index (χ0) is 8.27. The van der Waals surface area contributed by atoms with Gasteiger partial charge in [0.25, 0.3) is 0 Å². The zero-order valence-corrected chi connectivity index (χ0v) is 6.31. The summed E-state index contributed by atoms with van der Waals surface area (Å²) in [5.74, 6) is 0. The van der Waals surface area contributed by atoms with Gasteiger partial charge in [-0.05, 0) is 11.6 Å². The molecule has 0 spiro atoms. The highest BCUT2D eigenvalue weighted by Gasteiger charge is 1.94. The van der Waals surface area contributed by atoms with Crippen LogP contribution in [0.2, 0.25) is 0 Å². The maximum absolute atomic E-state index is 11.5.